The molecular formula is C22H25ClN5O2Si. The molecule has 2 aromatic rings. The smallest absolute Gasteiger partial charge is 0.153 e. The Morgan fingerprint density at radius 3 is 2.81 bits per heavy atom. The number of aliphatic hydroxyl groups is 1. The van der Waals surface area contributed by atoms with E-state index in [0.29, 0.717) is 39.0 Å². The molecule has 2 N–H and O–H groups in total. The summed E-state index contributed by atoms with van der Waals surface area (Å²) in [6.45, 7) is 6.05. The fourth-order valence-electron chi connectivity index (χ4n) is 4.70. The maximum absolute atomic E-state index is 10.0. The van der Waals surface area contributed by atoms with Crippen molar-refractivity contribution in [3.05, 3.63) is 40.2 Å². The second kappa shape index (κ2) is 8.67. The highest BCUT2D eigenvalue weighted by atomic mass is 35.5. The summed E-state index contributed by atoms with van der Waals surface area (Å²) in [6, 6.07) is 7.34. The number of nitrogens with zero attached hydrogens (tertiary/aromatic N) is 4. The first-order valence-corrected chi connectivity index (χ1v) is 12.4. The summed E-state index contributed by atoms with van der Waals surface area (Å²) in [6.07, 6.45) is 1.90. The van der Waals surface area contributed by atoms with Crippen molar-refractivity contribution in [2.75, 3.05) is 24.6 Å². The summed E-state index contributed by atoms with van der Waals surface area (Å²) in [7, 11) is -1.00. The Labute approximate surface area is 188 Å². The van der Waals surface area contributed by atoms with Gasteiger partial charge in [-0.25, -0.2) is 9.97 Å². The third-order valence-electron chi connectivity index (χ3n) is 6.48. The summed E-state index contributed by atoms with van der Waals surface area (Å²) in [4.78, 5) is 11.7. The predicted octanol–water partition coefficient (Wildman–Crippen LogP) is 3.45. The summed E-state index contributed by atoms with van der Waals surface area (Å²) >= 11 is 6.42. The second-order valence-electron chi connectivity index (χ2n) is 8.19. The monoisotopic (exact) mass is 454 g/mol. The van der Waals surface area contributed by atoms with E-state index in [1.54, 1.807) is 18.0 Å². The lowest BCUT2D eigenvalue weighted by molar-refractivity contribution is 0.117. The van der Waals surface area contributed by atoms with E-state index < -0.39 is 8.80 Å². The SMILES string of the molecule is Cc1nc(N2CCC3(CC2)CO[C@@H](C)[Si]3C=N)c(CO)nc1-c1cccc(C#N)c1Cl. The van der Waals surface area contributed by atoms with Crippen LogP contribution in [0.2, 0.25) is 10.1 Å². The molecule has 161 valence electrons. The second-order valence-corrected chi connectivity index (χ2v) is 11.6. The van der Waals surface area contributed by atoms with Crippen LogP contribution in [0.3, 0.4) is 0 Å². The van der Waals surface area contributed by atoms with E-state index in [9.17, 15) is 10.4 Å². The van der Waals surface area contributed by atoms with Gasteiger partial charge in [-0.05, 0) is 43.6 Å². The summed E-state index contributed by atoms with van der Waals surface area (Å²) < 4.78 is 5.92. The summed E-state index contributed by atoms with van der Waals surface area (Å²) in [5, 5.41) is 27.7. The van der Waals surface area contributed by atoms with Gasteiger partial charge in [-0.3, -0.25) is 0 Å². The molecule has 0 amide bonds. The first-order chi connectivity index (χ1) is 14.9. The van der Waals surface area contributed by atoms with Crippen LogP contribution in [0.1, 0.15) is 36.7 Å². The number of aliphatic hydroxyl groups excluding tert-OH is 1. The van der Waals surface area contributed by atoms with E-state index in [1.807, 2.05) is 13.0 Å². The number of hydrogen-bond donors (Lipinski definition) is 2. The molecule has 4 rings (SSSR count). The molecule has 1 spiro atoms. The minimum atomic E-state index is -1.00. The van der Waals surface area contributed by atoms with Crippen LogP contribution in [0, 0.1) is 23.7 Å². The minimum Gasteiger partial charge on any atom is -0.390 e. The molecule has 1 aromatic heterocycles. The number of aryl methyl sites for hydroxylation is 1. The van der Waals surface area contributed by atoms with Gasteiger partial charge in [0.2, 0.25) is 0 Å². The molecule has 0 saturated carbocycles. The van der Waals surface area contributed by atoms with Crippen LogP contribution in [0.15, 0.2) is 18.2 Å². The van der Waals surface area contributed by atoms with Gasteiger partial charge < -0.3 is 20.2 Å². The number of ether oxygens (including phenoxy) is 1. The van der Waals surface area contributed by atoms with Crippen molar-refractivity contribution in [1.29, 1.82) is 10.7 Å². The molecule has 2 aliphatic rings. The number of aromatic nitrogens is 2. The van der Waals surface area contributed by atoms with Gasteiger partial charge in [0.15, 0.2) is 5.82 Å². The molecule has 7 nitrogen and oxygen atoms in total. The largest absolute Gasteiger partial charge is 0.390 e. The van der Waals surface area contributed by atoms with Crippen molar-refractivity contribution in [2.24, 2.45) is 0 Å². The average Bonchev–Trinajstić information content (AvgIpc) is 3.09. The first kappa shape index (κ1) is 21.9. The molecule has 3 heterocycles. The molecule has 2 saturated heterocycles. The van der Waals surface area contributed by atoms with Crippen LogP contribution in [-0.4, -0.2) is 55.1 Å². The first-order valence-electron chi connectivity index (χ1n) is 10.4. The number of hydrogen-bond acceptors (Lipinski definition) is 7. The number of halogens is 1. The van der Waals surface area contributed by atoms with Gasteiger partial charge in [0.05, 0.1) is 40.9 Å². The fourth-order valence-corrected chi connectivity index (χ4v) is 7.67. The third kappa shape index (κ3) is 3.76. The lowest BCUT2D eigenvalue weighted by Crippen LogP contribution is -2.46. The maximum Gasteiger partial charge on any atom is 0.153 e. The van der Waals surface area contributed by atoms with E-state index in [1.165, 1.54) is 0 Å². The Hall–Kier alpha value is -2.31. The average molecular weight is 455 g/mol. The molecular weight excluding hydrogens is 430 g/mol. The molecule has 2 fully saturated rings. The molecule has 31 heavy (non-hydrogen) atoms. The van der Waals surface area contributed by atoms with Crippen molar-refractivity contribution >= 4 is 32.1 Å². The topological polar surface area (TPSA) is 106 Å². The number of nitrogens with one attached hydrogen (secondary N) is 1. The Kier molecular flexibility index (Phi) is 6.13. The Morgan fingerprint density at radius 1 is 1.42 bits per heavy atom. The lowest BCUT2D eigenvalue weighted by Gasteiger charge is -2.41. The van der Waals surface area contributed by atoms with Gasteiger partial charge in [0.25, 0.3) is 0 Å². The molecule has 1 atom stereocenters. The quantitative estimate of drug-likeness (QED) is 0.541. The number of anilines is 1. The van der Waals surface area contributed by atoms with Gasteiger partial charge >= 0.3 is 0 Å². The molecule has 1 aromatic carbocycles. The maximum atomic E-state index is 10.0. The van der Waals surface area contributed by atoms with Crippen molar-refractivity contribution in [1.82, 2.24) is 9.97 Å². The van der Waals surface area contributed by atoms with Gasteiger partial charge in [-0.1, -0.05) is 23.7 Å². The molecule has 1 radical (unpaired) electrons. The van der Waals surface area contributed by atoms with E-state index >= 15 is 0 Å². The van der Waals surface area contributed by atoms with Gasteiger partial charge in [-0.15, -0.1) is 0 Å². The van der Waals surface area contributed by atoms with Crippen LogP contribution in [0.25, 0.3) is 11.3 Å². The Morgan fingerprint density at radius 2 is 2.16 bits per heavy atom. The molecule has 2 aliphatic heterocycles. The number of piperidine rings is 1. The highest BCUT2D eigenvalue weighted by Crippen LogP contribution is 2.47. The van der Waals surface area contributed by atoms with Crippen LogP contribution in [-0.2, 0) is 11.3 Å². The van der Waals surface area contributed by atoms with E-state index in [0.717, 1.165) is 32.5 Å². The third-order valence-corrected chi connectivity index (χ3v) is 10.1. The normalized spacial score (nSPS) is 20.7. The number of nitriles is 1. The van der Waals surface area contributed by atoms with Crippen LogP contribution >= 0.6 is 11.6 Å². The van der Waals surface area contributed by atoms with Crippen molar-refractivity contribution in [2.45, 2.75) is 44.1 Å². The molecule has 0 bridgehead atoms. The molecule has 0 unspecified atom stereocenters. The summed E-state index contributed by atoms with van der Waals surface area (Å²) in [5.41, 5.74) is 2.98. The van der Waals surface area contributed by atoms with Crippen LogP contribution in [0.4, 0.5) is 5.82 Å². The zero-order chi connectivity index (χ0) is 22.2. The Balaban J connectivity index is 1.64. The zero-order valence-corrected chi connectivity index (χ0v) is 19.4. The van der Waals surface area contributed by atoms with Gasteiger partial charge in [0, 0.05) is 18.7 Å². The lowest BCUT2D eigenvalue weighted by atomic mass is 9.96. The van der Waals surface area contributed by atoms with E-state index in [-0.39, 0.29) is 17.4 Å². The molecule has 0 aliphatic carbocycles. The predicted molar refractivity (Wildman–Crippen MR) is 122 cm³/mol. The minimum absolute atomic E-state index is 0.107. The van der Waals surface area contributed by atoms with Gasteiger partial charge in [0.1, 0.15) is 20.6 Å². The van der Waals surface area contributed by atoms with Crippen LogP contribution in [0.5, 0.6) is 0 Å². The van der Waals surface area contributed by atoms with E-state index in [4.69, 9.17) is 31.7 Å². The van der Waals surface area contributed by atoms with Crippen molar-refractivity contribution in [3.8, 4) is 17.3 Å². The standard InChI is InChI=1S/C22H25ClN5O2Si/c1-14-20(17-5-3-4-16(10-24)19(17)23)27-18(11-29)21(26-14)28-8-6-22(7-9-28)12-30-15(2)31(22)13-25/h3-5,13,15,25,29H,6-9,11-12H2,1-2H3/t15-/m1/s1. The highest BCUT2D eigenvalue weighted by Gasteiger charge is 2.50. The van der Waals surface area contributed by atoms with E-state index in [2.05, 4.69) is 17.9 Å². The molecule has 9 heteroatoms. The number of rotatable bonds is 4. The van der Waals surface area contributed by atoms with Crippen molar-refractivity contribution in [3.63, 3.8) is 0 Å². The van der Waals surface area contributed by atoms with Crippen molar-refractivity contribution < 1.29 is 9.84 Å². The highest BCUT2D eigenvalue weighted by molar-refractivity contribution is 6.88. The summed E-state index contributed by atoms with van der Waals surface area (Å²) in [5.74, 6) is 2.34. The van der Waals surface area contributed by atoms with Gasteiger partial charge in [-0.2, -0.15) is 5.26 Å². The van der Waals surface area contributed by atoms with Crippen LogP contribution < -0.4 is 4.90 Å². The fraction of sp³-hybridized carbons (Fsp3) is 0.455. The number of benzene rings is 1. The zero-order valence-electron chi connectivity index (χ0n) is 17.7. The Bertz CT molecular complexity index is 1050.